The summed E-state index contributed by atoms with van der Waals surface area (Å²) in [7, 11) is -0.237. The van der Waals surface area contributed by atoms with Crippen LogP contribution in [0.25, 0.3) is 0 Å². The van der Waals surface area contributed by atoms with Gasteiger partial charge in [0.2, 0.25) is 0 Å². The molecule has 3 N–H and O–H groups in total. The van der Waals surface area contributed by atoms with Gasteiger partial charge in [-0.15, -0.1) is 0 Å². The number of likely N-dealkylation sites (tertiary alicyclic amines) is 1. The van der Waals surface area contributed by atoms with Gasteiger partial charge in [0.1, 0.15) is 24.0 Å². The van der Waals surface area contributed by atoms with E-state index in [1.807, 2.05) is 26.8 Å². The minimum absolute atomic E-state index is 0.0530. The van der Waals surface area contributed by atoms with Crippen LogP contribution in [0.4, 0.5) is 4.79 Å². The van der Waals surface area contributed by atoms with Gasteiger partial charge < -0.3 is 29.7 Å². The summed E-state index contributed by atoms with van der Waals surface area (Å²) in [5, 5.41) is 31.4. The summed E-state index contributed by atoms with van der Waals surface area (Å²) in [6.07, 6.45) is 3.35. The zero-order chi connectivity index (χ0) is 25.3. The number of allylic oxidation sites excluding steroid dienone is 1. The summed E-state index contributed by atoms with van der Waals surface area (Å²) in [5.41, 5.74) is 0.525. The van der Waals surface area contributed by atoms with E-state index in [1.54, 1.807) is 42.4 Å². The third-order valence-electron chi connectivity index (χ3n) is 5.50. The molecule has 0 bridgehead atoms. The van der Waals surface area contributed by atoms with E-state index in [0.29, 0.717) is 18.7 Å². The molecule has 34 heavy (non-hydrogen) atoms. The molecule has 10 heteroatoms. The second kappa shape index (κ2) is 12.4. The first kappa shape index (κ1) is 27.2. The standard InChI is InChI=1S/C24H34BN3O6/c1-24(2,3)14-18(15-26)22(29)28-12-6-5-7-19(28)16-34-23(30)27-21(25(31)32)13-17-8-10-20(33-4)11-9-17/h8-11,14,19,21,31-32H,5-7,12-13,16H2,1-4H3,(H,27,30)/t19?,21-/m0/s1. The lowest BCUT2D eigenvalue weighted by atomic mass is 9.76. The van der Waals surface area contributed by atoms with Gasteiger partial charge in [-0.1, -0.05) is 39.0 Å². The van der Waals surface area contributed by atoms with E-state index in [9.17, 15) is 24.9 Å². The average molecular weight is 471 g/mol. The van der Waals surface area contributed by atoms with Crippen LogP contribution < -0.4 is 10.1 Å². The van der Waals surface area contributed by atoms with Gasteiger partial charge in [-0.3, -0.25) is 4.79 Å². The number of benzene rings is 1. The first-order valence-electron chi connectivity index (χ1n) is 11.4. The fourth-order valence-electron chi connectivity index (χ4n) is 3.78. The zero-order valence-electron chi connectivity index (χ0n) is 20.3. The van der Waals surface area contributed by atoms with Gasteiger partial charge in [0.25, 0.3) is 5.91 Å². The molecule has 0 aromatic heterocycles. The van der Waals surface area contributed by atoms with Crippen LogP contribution >= 0.6 is 0 Å². The second-order valence-corrected chi connectivity index (χ2v) is 9.50. The van der Waals surface area contributed by atoms with Crippen LogP contribution in [0.5, 0.6) is 5.75 Å². The van der Waals surface area contributed by atoms with Crippen molar-refractivity contribution in [2.24, 2.45) is 5.41 Å². The minimum Gasteiger partial charge on any atom is -0.497 e. The maximum absolute atomic E-state index is 13.0. The van der Waals surface area contributed by atoms with Gasteiger partial charge in [0.15, 0.2) is 0 Å². The van der Waals surface area contributed by atoms with Crippen LogP contribution in [0.2, 0.25) is 0 Å². The maximum Gasteiger partial charge on any atom is 0.475 e. The van der Waals surface area contributed by atoms with Gasteiger partial charge in [-0.25, -0.2) is 4.79 Å². The Bertz CT molecular complexity index is 905. The first-order valence-corrected chi connectivity index (χ1v) is 11.4. The average Bonchev–Trinajstić information content (AvgIpc) is 2.80. The highest BCUT2D eigenvalue weighted by molar-refractivity contribution is 6.43. The molecule has 1 unspecified atom stereocenters. The fourth-order valence-corrected chi connectivity index (χ4v) is 3.78. The predicted molar refractivity (Wildman–Crippen MR) is 128 cm³/mol. The van der Waals surface area contributed by atoms with Crippen LogP contribution in [-0.4, -0.2) is 66.3 Å². The molecule has 0 radical (unpaired) electrons. The van der Waals surface area contributed by atoms with Crippen molar-refractivity contribution in [2.45, 2.75) is 58.4 Å². The first-order chi connectivity index (χ1) is 16.0. The number of carbonyl (C=O) groups is 2. The van der Waals surface area contributed by atoms with Crippen molar-refractivity contribution in [3.8, 4) is 11.8 Å². The normalized spacial score (nSPS) is 17.4. The fraction of sp³-hybridized carbons (Fsp3) is 0.542. The molecule has 0 saturated carbocycles. The van der Waals surface area contributed by atoms with Gasteiger partial charge in [0.05, 0.1) is 19.1 Å². The summed E-state index contributed by atoms with van der Waals surface area (Å²) in [5.74, 6) is -0.681. The second-order valence-electron chi connectivity index (χ2n) is 9.50. The van der Waals surface area contributed by atoms with Crippen molar-refractivity contribution in [1.82, 2.24) is 10.2 Å². The van der Waals surface area contributed by atoms with E-state index in [1.165, 1.54) is 0 Å². The molecule has 1 aromatic rings. The summed E-state index contributed by atoms with van der Waals surface area (Å²) >= 11 is 0. The molecular weight excluding hydrogens is 437 g/mol. The van der Waals surface area contributed by atoms with Crippen molar-refractivity contribution >= 4 is 19.1 Å². The van der Waals surface area contributed by atoms with Crippen molar-refractivity contribution in [1.29, 1.82) is 5.26 Å². The van der Waals surface area contributed by atoms with Gasteiger partial charge >= 0.3 is 13.2 Å². The van der Waals surface area contributed by atoms with E-state index < -0.39 is 19.2 Å². The van der Waals surface area contributed by atoms with Crippen LogP contribution in [-0.2, 0) is 16.0 Å². The number of hydrogen-bond donors (Lipinski definition) is 3. The molecule has 0 aliphatic carbocycles. The highest BCUT2D eigenvalue weighted by atomic mass is 16.5. The number of carbonyl (C=O) groups excluding carboxylic acids is 2. The molecule has 2 atom stereocenters. The third kappa shape index (κ3) is 8.39. The Labute approximate surface area is 201 Å². The Morgan fingerprint density at radius 2 is 1.97 bits per heavy atom. The Balaban J connectivity index is 1.99. The van der Waals surface area contributed by atoms with E-state index in [4.69, 9.17) is 9.47 Å². The largest absolute Gasteiger partial charge is 0.497 e. The number of amides is 2. The molecule has 1 aliphatic heterocycles. The van der Waals surface area contributed by atoms with E-state index in [2.05, 4.69) is 5.32 Å². The van der Waals surface area contributed by atoms with Crippen molar-refractivity contribution in [3.63, 3.8) is 0 Å². The van der Waals surface area contributed by atoms with Gasteiger partial charge in [-0.2, -0.15) is 5.26 Å². The molecule has 1 aromatic carbocycles. The molecule has 1 fully saturated rings. The lowest BCUT2D eigenvalue weighted by Crippen LogP contribution is -2.50. The van der Waals surface area contributed by atoms with Gasteiger partial charge in [-0.05, 0) is 48.8 Å². The number of nitriles is 1. The zero-order valence-corrected chi connectivity index (χ0v) is 20.3. The molecule has 0 spiro atoms. The molecular formula is C24H34BN3O6. The third-order valence-corrected chi connectivity index (χ3v) is 5.50. The number of methoxy groups -OCH3 is 1. The van der Waals surface area contributed by atoms with Gasteiger partial charge in [0, 0.05) is 6.54 Å². The Kier molecular flexibility index (Phi) is 9.96. The summed E-state index contributed by atoms with van der Waals surface area (Å²) in [4.78, 5) is 27.0. The lowest BCUT2D eigenvalue weighted by Gasteiger charge is -2.35. The molecule has 2 rings (SSSR count). The molecule has 2 amide bonds. The van der Waals surface area contributed by atoms with E-state index in [0.717, 1.165) is 18.4 Å². The van der Waals surface area contributed by atoms with Crippen molar-refractivity contribution < 1.29 is 29.1 Å². The molecule has 1 saturated heterocycles. The maximum atomic E-state index is 13.0. The highest BCUT2D eigenvalue weighted by Crippen LogP contribution is 2.23. The minimum atomic E-state index is -1.79. The smallest absolute Gasteiger partial charge is 0.475 e. The summed E-state index contributed by atoms with van der Waals surface area (Å²) in [6, 6.07) is 8.66. The van der Waals surface area contributed by atoms with Crippen molar-refractivity contribution in [3.05, 3.63) is 41.5 Å². The lowest BCUT2D eigenvalue weighted by molar-refractivity contribution is -0.131. The number of hydrogen-bond acceptors (Lipinski definition) is 7. The number of rotatable bonds is 8. The number of ether oxygens (including phenoxy) is 2. The van der Waals surface area contributed by atoms with Crippen LogP contribution in [0.1, 0.15) is 45.6 Å². The van der Waals surface area contributed by atoms with Crippen LogP contribution in [0, 0.1) is 16.7 Å². The molecule has 184 valence electrons. The van der Waals surface area contributed by atoms with Crippen LogP contribution in [0.3, 0.4) is 0 Å². The highest BCUT2D eigenvalue weighted by Gasteiger charge is 2.31. The molecule has 1 aliphatic rings. The Morgan fingerprint density at radius 1 is 1.29 bits per heavy atom. The number of alkyl carbamates (subject to hydrolysis) is 1. The van der Waals surface area contributed by atoms with Crippen LogP contribution in [0.15, 0.2) is 35.9 Å². The Hall–Kier alpha value is -3.03. The number of nitrogens with zero attached hydrogens (tertiary/aromatic N) is 2. The SMILES string of the molecule is COc1ccc(C[C@H](NC(=O)OCC2CCCCN2C(=O)C(C#N)=CC(C)(C)C)B(O)O)cc1. The van der Waals surface area contributed by atoms with E-state index >= 15 is 0 Å². The monoisotopic (exact) mass is 471 g/mol. The Morgan fingerprint density at radius 3 is 2.53 bits per heavy atom. The number of piperidine rings is 1. The predicted octanol–water partition coefficient (Wildman–Crippen LogP) is 2.22. The van der Waals surface area contributed by atoms with E-state index in [-0.39, 0.29) is 36.0 Å². The summed E-state index contributed by atoms with van der Waals surface area (Å²) < 4.78 is 10.5. The van der Waals surface area contributed by atoms with Crippen molar-refractivity contribution in [2.75, 3.05) is 20.3 Å². The quantitative estimate of drug-likeness (QED) is 0.301. The number of nitrogens with one attached hydrogen (secondary N) is 1. The summed E-state index contributed by atoms with van der Waals surface area (Å²) in [6.45, 7) is 6.17. The molecule has 9 nitrogen and oxygen atoms in total. The topological polar surface area (TPSA) is 132 Å². The molecule has 1 heterocycles.